The third kappa shape index (κ3) is 2.76. The van der Waals surface area contributed by atoms with Crippen molar-refractivity contribution in [2.45, 2.75) is 0 Å². The van der Waals surface area contributed by atoms with Gasteiger partial charge in [-0.3, -0.25) is 0 Å². The summed E-state index contributed by atoms with van der Waals surface area (Å²) in [5.41, 5.74) is 1.29. The molecule has 1 N–H and O–H groups in total. The average molecular weight is 324 g/mol. The minimum Gasteiger partial charge on any atom is -0.478 e. The van der Waals surface area contributed by atoms with Crippen molar-refractivity contribution in [1.82, 2.24) is 0 Å². The van der Waals surface area contributed by atoms with Gasteiger partial charge in [-0.1, -0.05) is 12.1 Å². The first-order valence-electron chi connectivity index (χ1n) is 5.52. The smallest absolute Gasteiger partial charge is 0.335 e. The fourth-order valence-electron chi connectivity index (χ4n) is 1.77. The van der Waals surface area contributed by atoms with E-state index < -0.39 is 5.97 Å². The number of carboxylic acid groups (broad SMARTS) is 1. The minimum atomic E-state index is -0.999. The number of hydrogen-bond donors (Lipinski definition) is 1. The quantitative estimate of drug-likeness (QED) is 0.926. The summed E-state index contributed by atoms with van der Waals surface area (Å²) in [6.45, 7) is 0. The zero-order chi connectivity index (χ0) is 14.0. The van der Waals surface area contributed by atoms with Crippen LogP contribution in [0.15, 0.2) is 46.9 Å². The molecule has 98 valence electrons. The summed E-state index contributed by atoms with van der Waals surface area (Å²) in [6, 6.07) is 11.0. The Balaban J connectivity index is 2.42. The van der Waals surface area contributed by atoms with Gasteiger partial charge >= 0.3 is 5.97 Å². The molecule has 19 heavy (non-hydrogen) atoms. The van der Waals surface area contributed by atoms with E-state index in [1.165, 1.54) is 18.2 Å². The summed E-state index contributed by atoms with van der Waals surface area (Å²) < 4.78 is 14.3. The molecular weight excluding hydrogens is 313 g/mol. The molecule has 5 heteroatoms. The van der Waals surface area contributed by atoms with Crippen LogP contribution < -0.4 is 4.90 Å². The lowest BCUT2D eigenvalue weighted by molar-refractivity contribution is 0.0697. The predicted molar refractivity (Wildman–Crippen MR) is 75.6 cm³/mol. The topological polar surface area (TPSA) is 40.5 Å². The van der Waals surface area contributed by atoms with Crippen molar-refractivity contribution in [3.63, 3.8) is 0 Å². The minimum absolute atomic E-state index is 0.178. The van der Waals surface area contributed by atoms with E-state index in [-0.39, 0.29) is 11.4 Å². The number of para-hydroxylation sites is 1. The van der Waals surface area contributed by atoms with Gasteiger partial charge in [0, 0.05) is 11.5 Å². The highest BCUT2D eigenvalue weighted by Gasteiger charge is 2.13. The van der Waals surface area contributed by atoms with E-state index in [4.69, 9.17) is 5.11 Å². The van der Waals surface area contributed by atoms with E-state index in [1.54, 1.807) is 36.2 Å². The van der Waals surface area contributed by atoms with Crippen LogP contribution in [0.3, 0.4) is 0 Å². The molecule has 0 unspecified atom stereocenters. The molecule has 2 aromatic rings. The van der Waals surface area contributed by atoms with Crippen molar-refractivity contribution in [2.75, 3.05) is 11.9 Å². The van der Waals surface area contributed by atoms with Crippen LogP contribution in [0, 0.1) is 5.82 Å². The Morgan fingerprint density at radius 1 is 1.21 bits per heavy atom. The Kier molecular flexibility index (Phi) is 3.85. The number of anilines is 2. The standard InChI is InChI=1S/C14H11BrFNO2/c1-17(13-5-3-2-4-11(13)16)12-7-6-9(14(18)19)8-10(12)15/h2-8H,1H3,(H,18,19). The second kappa shape index (κ2) is 5.40. The largest absolute Gasteiger partial charge is 0.478 e. The number of rotatable bonds is 3. The van der Waals surface area contributed by atoms with Gasteiger partial charge in [0.05, 0.1) is 16.9 Å². The van der Waals surface area contributed by atoms with Gasteiger partial charge in [-0.25, -0.2) is 9.18 Å². The lowest BCUT2D eigenvalue weighted by Gasteiger charge is -2.21. The molecule has 2 rings (SSSR count). The van der Waals surface area contributed by atoms with Crippen molar-refractivity contribution >= 4 is 33.3 Å². The summed E-state index contributed by atoms with van der Waals surface area (Å²) in [5.74, 6) is -1.33. The van der Waals surface area contributed by atoms with Gasteiger partial charge < -0.3 is 10.0 Å². The molecule has 0 fully saturated rings. The van der Waals surface area contributed by atoms with Gasteiger partial charge in [-0.2, -0.15) is 0 Å². The summed E-state index contributed by atoms with van der Waals surface area (Å²) >= 11 is 3.31. The number of aromatic carboxylic acids is 1. The van der Waals surface area contributed by atoms with E-state index in [2.05, 4.69) is 15.9 Å². The van der Waals surface area contributed by atoms with Crippen LogP contribution in [0.2, 0.25) is 0 Å². The van der Waals surface area contributed by atoms with Crippen LogP contribution in [0.25, 0.3) is 0 Å². The molecule has 3 nitrogen and oxygen atoms in total. The van der Waals surface area contributed by atoms with E-state index in [1.807, 2.05) is 0 Å². The lowest BCUT2D eigenvalue weighted by Crippen LogP contribution is -2.12. The van der Waals surface area contributed by atoms with Gasteiger partial charge in [0.1, 0.15) is 5.82 Å². The number of nitrogens with zero attached hydrogens (tertiary/aromatic N) is 1. The highest BCUT2D eigenvalue weighted by Crippen LogP contribution is 2.32. The molecule has 0 saturated carbocycles. The Morgan fingerprint density at radius 3 is 2.47 bits per heavy atom. The second-order valence-corrected chi connectivity index (χ2v) is 4.84. The number of halogens is 2. The monoisotopic (exact) mass is 323 g/mol. The van der Waals surface area contributed by atoms with E-state index in [0.717, 1.165) is 0 Å². The molecule has 0 aliphatic rings. The molecule has 0 amide bonds. The summed E-state index contributed by atoms with van der Waals surface area (Å²) in [7, 11) is 1.72. The van der Waals surface area contributed by atoms with Crippen molar-refractivity contribution in [3.05, 3.63) is 58.3 Å². The third-order valence-corrected chi connectivity index (χ3v) is 3.40. The number of carboxylic acids is 1. The Labute approximate surface area is 118 Å². The maximum absolute atomic E-state index is 13.7. The van der Waals surface area contributed by atoms with Crippen molar-refractivity contribution in [3.8, 4) is 0 Å². The number of hydrogen-bond acceptors (Lipinski definition) is 2. The summed E-state index contributed by atoms with van der Waals surface area (Å²) in [4.78, 5) is 12.5. The molecule has 0 heterocycles. The van der Waals surface area contributed by atoms with Crippen molar-refractivity contribution < 1.29 is 14.3 Å². The summed E-state index contributed by atoms with van der Waals surface area (Å²) in [5, 5.41) is 8.91. The maximum Gasteiger partial charge on any atom is 0.335 e. The fourth-order valence-corrected chi connectivity index (χ4v) is 2.41. The second-order valence-electron chi connectivity index (χ2n) is 3.98. The first-order chi connectivity index (χ1) is 9.00. The van der Waals surface area contributed by atoms with Crippen LogP contribution in [0.5, 0.6) is 0 Å². The molecule has 0 atom stereocenters. The zero-order valence-electron chi connectivity index (χ0n) is 10.1. The van der Waals surface area contributed by atoms with E-state index in [9.17, 15) is 9.18 Å². The molecular formula is C14H11BrFNO2. The molecule has 0 spiro atoms. The van der Waals surface area contributed by atoms with E-state index >= 15 is 0 Å². The van der Waals surface area contributed by atoms with Crippen LogP contribution in [-0.4, -0.2) is 18.1 Å². The highest BCUT2D eigenvalue weighted by molar-refractivity contribution is 9.10. The molecule has 0 bridgehead atoms. The maximum atomic E-state index is 13.7. The predicted octanol–water partition coefficient (Wildman–Crippen LogP) is 4.05. The van der Waals surface area contributed by atoms with Crippen molar-refractivity contribution in [2.24, 2.45) is 0 Å². The third-order valence-electron chi connectivity index (χ3n) is 2.77. The van der Waals surface area contributed by atoms with E-state index in [0.29, 0.717) is 15.8 Å². The van der Waals surface area contributed by atoms with Gasteiger partial charge in [-0.05, 0) is 46.3 Å². The first kappa shape index (κ1) is 13.5. The van der Waals surface area contributed by atoms with Gasteiger partial charge in [-0.15, -0.1) is 0 Å². The lowest BCUT2D eigenvalue weighted by atomic mass is 10.2. The molecule has 0 aliphatic carbocycles. The Bertz CT molecular complexity index is 631. The van der Waals surface area contributed by atoms with Gasteiger partial charge in [0.15, 0.2) is 0 Å². The molecule has 0 saturated heterocycles. The van der Waals surface area contributed by atoms with Gasteiger partial charge in [0.2, 0.25) is 0 Å². The van der Waals surface area contributed by atoms with Crippen LogP contribution in [0.4, 0.5) is 15.8 Å². The summed E-state index contributed by atoms with van der Waals surface area (Å²) in [6.07, 6.45) is 0. The van der Waals surface area contributed by atoms with Crippen LogP contribution in [-0.2, 0) is 0 Å². The molecule has 0 radical (unpaired) electrons. The SMILES string of the molecule is CN(c1ccccc1F)c1ccc(C(=O)O)cc1Br. The number of benzene rings is 2. The van der Waals surface area contributed by atoms with Crippen LogP contribution in [0.1, 0.15) is 10.4 Å². The fraction of sp³-hybridized carbons (Fsp3) is 0.0714. The van der Waals surface area contributed by atoms with Crippen molar-refractivity contribution in [1.29, 1.82) is 0 Å². The van der Waals surface area contributed by atoms with Gasteiger partial charge in [0.25, 0.3) is 0 Å². The Hall–Kier alpha value is -1.88. The molecule has 0 aromatic heterocycles. The first-order valence-corrected chi connectivity index (χ1v) is 6.31. The highest BCUT2D eigenvalue weighted by atomic mass is 79.9. The normalized spacial score (nSPS) is 10.3. The molecule has 2 aromatic carbocycles. The molecule has 0 aliphatic heterocycles. The average Bonchev–Trinajstić information content (AvgIpc) is 2.38. The van der Waals surface area contributed by atoms with Crippen LogP contribution >= 0.6 is 15.9 Å². The Morgan fingerprint density at radius 2 is 1.89 bits per heavy atom. The zero-order valence-corrected chi connectivity index (χ0v) is 11.7. The number of carbonyl (C=O) groups is 1.